The quantitative estimate of drug-likeness (QED) is 0.684. The number of esters is 1. The molecule has 1 rings (SSSR count). The molecule has 1 heterocycles. The van der Waals surface area contributed by atoms with Gasteiger partial charge in [0.15, 0.2) is 0 Å². The van der Waals surface area contributed by atoms with Crippen molar-refractivity contribution < 1.29 is 9.53 Å². The Labute approximate surface area is 112 Å². The first-order chi connectivity index (χ1) is 9.14. The topological polar surface area (TPSA) is 92.3 Å². The number of methoxy groups -OCH3 is 1. The van der Waals surface area contributed by atoms with Crippen LogP contribution in [0.25, 0.3) is 0 Å². The van der Waals surface area contributed by atoms with Gasteiger partial charge in [0.05, 0.1) is 7.11 Å². The highest BCUT2D eigenvalue weighted by atomic mass is 16.5. The van der Waals surface area contributed by atoms with Gasteiger partial charge in [-0.1, -0.05) is 0 Å². The molecule has 0 bridgehead atoms. The number of aromatic nitrogens is 3. The summed E-state index contributed by atoms with van der Waals surface area (Å²) in [5, 5.41) is 5.68. The molecular weight excluding hydrogens is 248 g/mol. The molecule has 19 heavy (non-hydrogen) atoms. The zero-order valence-electron chi connectivity index (χ0n) is 11.7. The Hall–Kier alpha value is -2.12. The van der Waals surface area contributed by atoms with Crippen LogP contribution >= 0.6 is 0 Å². The van der Waals surface area contributed by atoms with Gasteiger partial charge >= 0.3 is 5.97 Å². The number of hydrogen-bond donors (Lipinski definition) is 2. The SMILES string of the molecule is CCN(CC)c1nc(NC)nc(NCC(=O)OC)n1. The summed E-state index contributed by atoms with van der Waals surface area (Å²) in [5.41, 5.74) is 0. The molecule has 8 heteroatoms. The van der Waals surface area contributed by atoms with Crippen LogP contribution in [-0.4, -0.2) is 54.7 Å². The van der Waals surface area contributed by atoms with Gasteiger partial charge in [0, 0.05) is 20.1 Å². The number of nitrogens with zero attached hydrogens (tertiary/aromatic N) is 4. The summed E-state index contributed by atoms with van der Waals surface area (Å²) >= 11 is 0. The van der Waals surface area contributed by atoms with E-state index < -0.39 is 0 Å². The number of anilines is 3. The predicted molar refractivity (Wildman–Crippen MR) is 73.4 cm³/mol. The normalized spacial score (nSPS) is 9.89. The zero-order chi connectivity index (χ0) is 14.3. The summed E-state index contributed by atoms with van der Waals surface area (Å²) in [6.07, 6.45) is 0. The number of ether oxygens (including phenoxy) is 1. The third-order valence-corrected chi connectivity index (χ3v) is 2.51. The molecule has 1 aromatic rings. The van der Waals surface area contributed by atoms with E-state index in [9.17, 15) is 4.79 Å². The number of carbonyl (C=O) groups is 1. The molecule has 0 saturated heterocycles. The third-order valence-electron chi connectivity index (χ3n) is 2.51. The number of carbonyl (C=O) groups excluding carboxylic acids is 1. The summed E-state index contributed by atoms with van der Waals surface area (Å²) in [7, 11) is 3.06. The van der Waals surface area contributed by atoms with Crippen molar-refractivity contribution in [2.24, 2.45) is 0 Å². The molecule has 8 nitrogen and oxygen atoms in total. The number of hydrogen-bond acceptors (Lipinski definition) is 8. The molecule has 0 unspecified atom stereocenters. The van der Waals surface area contributed by atoms with Gasteiger partial charge in [-0.25, -0.2) is 0 Å². The second kappa shape index (κ2) is 7.34. The van der Waals surface area contributed by atoms with Crippen molar-refractivity contribution >= 4 is 23.8 Å². The monoisotopic (exact) mass is 268 g/mol. The molecule has 0 radical (unpaired) electrons. The summed E-state index contributed by atoms with van der Waals surface area (Å²) in [6.45, 7) is 5.64. The molecular formula is C11H20N6O2. The molecule has 0 aliphatic carbocycles. The Bertz CT molecular complexity index is 422. The maximum absolute atomic E-state index is 11.1. The van der Waals surface area contributed by atoms with Gasteiger partial charge < -0.3 is 20.3 Å². The first-order valence-corrected chi connectivity index (χ1v) is 6.14. The molecule has 0 atom stereocenters. The standard InChI is InChI=1S/C11H20N6O2/c1-5-17(6-2)11-15-9(12-3)14-10(16-11)13-7-8(18)19-4/h5-7H2,1-4H3,(H2,12,13,14,15,16). The fraction of sp³-hybridized carbons (Fsp3) is 0.636. The molecule has 0 aliphatic heterocycles. The fourth-order valence-electron chi connectivity index (χ4n) is 1.43. The lowest BCUT2D eigenvalue weighted by Gasteiger charge is -2.19. The number of rotatable bonds is 7. The summed E-state index contributed by atoms with van der Waals surface area (Å²) < 4.78 is 4.55. The van der Waals surface area contributed by atoms with Crippen LogP contribution in [0.2, 0.25) is 0 Å². The second-order valence-electron chi connectivity index (χ2n) is 3.63. The minimum Gasteiger partial charge on any atom is -0.468 e. The van der Waals surface area contributed by atoms with Gasteiger partial charge in [-0.3, -0.25) is 4.79 Å². The number of nitrogens with one attached hydrogen (secondary N) is 2. The molecule has 0 fully saturated rings. The van der Waals surface area contributed by atoms with E-state index in [1.165, 1.54) is 7.11 Å². The van der Waals surface area contributed by atoms with Crippen molar-refractivity contribution in [2.45, 2.75) is 13.8 Å². The van der Waals surface area contributed by atoms with E-state index in [0.717, 1.165) is 13.1 Å². The van der Waals surface area contributed by atoms with Crippen LogP contribution in [0.3, 0.4) is 0 Å². The highest BCUT2D eigenvalue weighted by Crippen LogP contribution is 2.12. The van der Waals surface area contributed by atoms with Crippen LogP contribution in [0.15, 0.2) is 0 Å². The van der Waals surface area contributed by atoms with Gasteiger partial charge in [-0.15, -0.1) is 0 Å². The van der Waals surface area contributed by atoms with E-state index in [0.29, 0.717) is 17.8 Å². The molecule has 106 valence electrons. The van der Waals surface area contributed by atoms with Crippen LogP contribution in [0.4, 0.5) is 17.8 Å². The van der Waals surface area contributed by atoms with E-state index in [1.807, 2.05) is 18.7 Å². The van der Waals surface area contributed by atoms with Gasteiger partial charge in [-0.2, -0.15) is 15.0 Å². The fourth-order valence-corrected chi connectivity index (χ4v) is 1.43. The molecule has 0 saturated carbocycles. The lowest BCUT2D eigenvalue weighted by atomic mass is 10.5. The van der Waals surface area contributed by atoms with Gasteiger partial charge in [-0.05, 0) is 13.8 Å². The summed E-state index contributed by atoms with van der Waals surface area (Å²) in [4.78, 5) is 25.8. The van der Waals surface area contributed by atoms with Crippen molar-refractivity contribution in [1.29, 1.82) is 0 Å². The van der Waals surface area contributed by atoms with Crippen molar-refractivity contribution in [3.05, 3.63) is 0 Å². The van der Waals surface area contributed by atoms with Gasteiger partial charge in [0.25, 0.3) is 0 Å². The maximum Gasteiger partial charge on any atom is 0.325 e. The molecule has 2 N–H and O–H groups in total. The molecule has 0 aliphatic rings. The first-order valence-electron chi connectivity index (χ1n) is 6.14. The van der Waals surface area contributed by atoms with Crippen molar-refractivity contribution in [2.75, 3.05) is 49.3 Å². The maximum atomic E-state index is 11.1. The van der Waals surface area contributed by atoms with Crippen molar-refractivity contribution in [3.8, 4) is 0 Å². The van der Waals surface area contributed by atoms with Crippen LogP contribution in [0, 0.1) is 0 Å². The lowest BCUT2D eigenvalue weighted by molar-refractivity contribution is -0.138. The van der Waals surface area contributed by atoms with Gasteiger partial charge in [0.2, 0.25) is 17.8 Å². The largest absolute Gasteiger partial charge is 0.468 e. The van der Waals surface area contributed by atoms with Crippen molar-refractivity contribution in [1.82, 2.24) is 15.0 Å². The highest BCUT2D eigenvalue weighted by Gasteiger charge is 2.11. The van der Waals surface area contributed by atoms with E-state index in [4.69, 9.17) is 0 Å². The summed E-state index contributed by atoms with van der Waals surface area (Å²) in [5.74, 6) is 0.975. The minimum atomic E-state index is -0.379. The van der Waals surface area contributed by atoms with Gasteiger partial charge in [0.1, 0.15) is 6.54 Å². The molecule has 0 aromatic carbocycles. The Balaban J connectivity index is 2.91. The van der Waals surface area contributed by atoms with Crippen LogP contribution in [0.1, 0.15) is 13.8 Å². The van der Waals surface area contributed by atoms with Crippen LogP contribution in [0.5, 0.6) is 0 Å². The Morgan fingerprint density at radius 1 is 1.21 bits per heavy atom. The third kappa shape index (κ3) is 4.23. The Morgan fingerprint density at radius 2 is 1.84 bits per heavy atom. The Morgan fingerprint density at radius 3 is 2.37 bits per heavy atom. The van der Waals surface area contributed by atoms with E-state index in [1.54, 1.807) is 7.05 Å². The lowest BCUT2D eigenvalue weighted by Crippen LogP contribution is -2.26. The summed E-state index contributed by atoms with van der Waals surface area (Å²) in [6, 6.07) is 0. The van der Waals surface area contributed by atoms with Crippen LogP contribution < -0.4 is 15.5 Å². The van der Waals surface area contributed by atoms with E-state index in [-0.39, 0.29) is 12.5 Å². The average Bonchev–Trinajstić information content (AvgIpc) is 2.45. The molecule has 0 spiro atoms. The smallest absolute Gasteiger partial charge is 0.325 e. The zero-order valence-corrected chi connectivity index (χ0v) is 11.7. The van der Waals surface area contributed by atoms with Crippen LogP contribution in [-0.2, 0) is 9.53 Å². The highest BCUT2D eigenvalue weighted by molar-refractivity contribution is 5.74. The Kier molecular flexibility index (Phi) is 5.77. The van der Waals surface area contributed by atoms with E-state index in [2.05, 4.69) is 30.3 Å². The first kappa shape index (κ1) is 14.9. The molecule has 0 amide bonds. The predicted octanol–water partition coefficient (Wildman–Crippen LogP) is 0.344. The second-order valence-corrected chi connectivity index (χ2v) is 3.63. The van der Waals surface area contributed by atoms with Crippen molar-refractivity contribution in [3.63, 3.8) is 0 Å². The average molecular weight is 268 g/mol. The minimum absolute atomic E-state index is 0.0152. The van der Waals surface area contributed by atoms with E-state index >= 15 is 0 Å². The molecule has 1 aromatic heterocycles.